The summed E-state index contributed by atoms with van der Waals surface area (Å²) in [6, 6.07) is 55.6. The van der Waals surface area contributed by atoms with Crippen molar-refractivity contribution >= 4 is 0 Å². The van der Waals surface area contributed by atoms with Crippen molar-refractivity contribution in [2.75, 3.05) is 0 Å². The molecule has 1 spiro atoms. The molecule has 8 aromatic rings. The molecular formula is C57H52N4. The van der Waals surface area contributed by atoms with Crippen LogP contribution in [0.4, 0.5) is 0 Å². The van der Waals surface area contributed by atoms with Crippen molar-refractivity contribution in [3.8, 4) is 67.7 Å². The van der Waals surface area contributed by atoms with Gasteiger partial charge < -0.3 is 0 Å². The van der Waals surface area contributed by atoms with E-state index < -0.39 is 5.41 Å². The third-order valence-corrected chi connectivity index (χ3v) is 13.0. The van der Waals surface area contributed by atoms with E-state index in [9.17, 15) is 0 Å². The van der Waals surface area contributed by atoms with Gasteiger partial charge in [0, 0.05) is 28.5 Å². The number of aromatic nitrogens is 4. The Hall–Kier alpha value is -6.52. The van der Waals surface area contributed by atoms with E-state index in [1.807, 2.05) is 6.20 Å². The average molecular weight is 793 g/mol. The van der Waals surface area contributed by atoms with Crippen molar-refractivity contribution in [3.05, 3.63) is 191 Å². The topological polar surface area (TPSA) is 51.6 Å². The molecule has 2 aromatic heterocycles. The molecule has 61 heavy (non-hydrogen) atoms. The molecule has 2 heterocycles. The van der Waals surface area contributed by atoms with Gasteiger partial charge in [-0.15, -0.1) is 0 Å². The third kappa shape index (κ3) is 7.08. The second-order valence-corrected chi connectivity index (χ2v) is 16.9. The summed E-state index contributed by atoms with van der Waals surface area (Å²) in [5.74, 6) is 1.96. The summed E-state index contributed by atoms with van der Waals surface area (Å²) in [7, 11) is 0. The Bertz CT molecular complexity index is 2680. The van der Waals surface area contributed by atoms with Gasteiger partial charge in [-0.2, -0.15) is 0 Å². The summed E-state index contributed by atoms with van der Waals surface area (Å²) in [5, 5.41) is 0. The lowest BCUT2D eigenvalue weighted by Gasteiger charge is -2.30. The van der Waals surface area contributed by atoms with Crippen molar-refractivity contribution in [1.29, 1.82) is 0 Å². The van der Waals surface area contributed by atoms with Crippen molar-refractivity contribution in [2.45, 2.75) is 83.5 Å². The van der Waals surface area contributed by atoms with Crippen LogP contribution in [0.1, 0.15) is 98.6 Å². The third-order valence-electron chi connectivity index (χ3n) is 13.0. The van der Waals surface area contributed by atoms with E-state index in [4.69, 9.17) is 19.9 Å². The van der Waals surface area contributed by atoms with Gasteiger partial charge in [-0.1, -0.05) is 186 Å². The maximum absolute atomic E-state index is 5.11. The first kappa shape index (κ1) is 38.7. The van der Waals surface area contributed by atoms with Crippen LogP contribution < -0.4 is 0 Å². The van der Waals surface area contributed by atoms with Gasteiger partial charge in [-0.05, 0) is 99.5 Å². The fraction of sp³-hybridized carbons (Fsp3) is 0.228. The Morgan fingerprint density at radius 3 is 1.26 bits per heavy atom. The molecule has 0 radical (unpaired) electrons. The molecule has 2 aliphatic carbocycles. The maximum atomic E-state index is 5.11. The van der Waals surface area contributed by atoms with Crippen LogP contribution >= 0.6 is 0 Å². The number of aryl methyl sites for hydroxylation is 2. The summed E-state index contributed by atoms with van der Waals surface area (Å²) >= 11 is 0. The van der Waals surface area contributed by atoms with Gasteiger partial charge in [0.1, 0.15) is 0 Å². The second kappa shape index (κ2) is 16.9. The first-order valence-electron chi connectivity index (χ1n) is 22.5. The van der Waals surface area contributed by atoms with Crippen LogP contribution in [-0.4, -0.2) is 19.9 Å². The molecule has 0 saturated heterocycles. The number of unbranched alkanes of at least 4 members (excludes halogenated alkanes) is 6. The van der Waals surface area contributed by atoms with Gasteiger partial charge in [0.25, 0.3) is 0 Å². The van der Waals surface area contributed by atoms with E-state index in [-0.39, 0.29) is 0 Å². The average Bonchev–Trinajstić information content (AvgIpc) is 3.79. The standard InChI is InChI=1S/C57H52N4/c1-3-5-7-9-17-39-25-29-41(30-26-39)54-59-55(42-31-27-40(28-32-42)18-10-8-6-4-2)61-56(60-54)44-34-36-53(58-38-44)43-33-35-48-47-21-13-16-24-51(47)57(52(48)37-43)49-22-14-11-19-45(49)46-20-12-15-23-50(46)57/h11-16,19-38H,3-10,17-18H2,1-2H3. The number of pyridine rings is 1. The SMILES string of the molecule is CCCCCCc1ccc(-c2nc(-c3ccc(CCCCCC)cc3)nc(-c3ccc(-c4ccc5c(c4)C4(c6ccccc6-c6ccccc64)c4ccccc4-5)nc3)n2)cc1. The first-order valence-corrected chi connectivity index (χ1v) is 22.5. The van der Waals surface area contributed by atoms with Gasteiger partial charge in [0.05, 0.1) is 11.1 Å². The molecule has 6 aromatic carbocycles. The molecule has 0 unspecified atom stereocenters. The van der Waals surface area contributed by atoms with Crippen LogP contribution in [0.3, 0.4) is 0 Å². The van der Waals surface area contributed by atoms with E-state index in [1.165, 1.54) is 107 Å². The van der Waals surface area contributed by atoms with Gasteiger partial charge in [-0.25, -0.2) is 15.0 Å². The lowest BCUT2D eigenvalue weighted by atomic mass is 9.70. The molecule has 2 aliphatic rings. The first-order chi connectivity index (χ1) is 30.1. The quantitative estimate of drug-likeness (QED) is 0.103. The monoisotopic (exact) mass is 792 g/mol. The number of benzene rings is 6. The smallest absolute Gasteiger partial charge is 0.165 e. The highest BCUT2D eigenvalue weighted by Gasteiger charge is 2.51. The van der Waals surface area contributed by atoms with Crippen LogP contribution in [0.5, 0.6) is 0 Å². The summed E-state index contributed by atoms with van der Waals surface area (Å²) in [5.41, 5.74) is 17.7. The lowest BCUT2D eigenvalue weighted by Crippen LogP contribution is -2.25. The van der Waals surface area contributed by atoms with Crippen molar-refractivity contribution in [1.82, 2.24) is 19.9 Å². The van der Waals surface area contributed by atoms with E-state index in [0.717, 1.165) is 40.8 Å². The van der Waals surface area contributed by atoms with Crippen LogP contribution in [0.25, 0.3) is 67.7 Å². The number of nitrogens with zero attached hydrogens (tertiary/aromatic N) is 4. The van der Waals surface area contributed by atoms with E-state index in [2.05, 4.69) is 166 Å². The van der Waals surface area contributed by atoms with Crippen LogP contribution in [-0.2, 0) is 18.3 Å². The molecular weight excluding hydrogens is 741 g/mol. The zero-order chi connectivity index (χ0) is 41.2. The molecule has 0 bridgehead atoms. The summed E-state index contributed by atoms with van der Waals surface area (Å²) in [6.07, 6.45) is 14.2. The number of hydrogen-bond donors (Lipinski definition) is 0. The van der Waals surface area contributed by atoms with Crippen LogP contribution in [0, 0.1) is 0 Å². The van der Waals surface area contributed by atoms with Gasteiger partial charge in [0.15, 0.2) is 17.5 Å². The fourth-order valence-corrected chi connectivity index (χ4v) is 9.87. The predicted octanol–water partition coefficient (Wildman–Crippen LogP) is 14.5. The normalized spacial score (nSPS) is 12.9. The highest BCUT2D eigenvalue weighted by atomic mass is 15.0. The minimum Gasteiger partial charge on any atom is -0.255 e. The minimum atomic E-state index is -0.396. The highest BCUT2D eigenvalue weighted by molar-refractivity contribution is 5.95. The Balaban J connectivity index is 1.01. The van der Waals surface area contributed by atoms with Gasteiger partial charge in [-0.3, -0.25) is 4.98 Å². The largest absolute Gasteiger partial charge is 0.255 e. The zero-order valence-corrected chi connectivity index (χ0v) is 35.4. The number of fused-ring (bicyclic) bond motifs is 10. The molecule has 0 atom stereocenters. The second-order valence-electron chi connectivity index (χ2n) is 16.9. The molecule has 0 saturated carbocycles. The maximum Gasteiger partial charge on any atom is 0.165 e. The van der Waals surface area contributed by atoms with Gasteiger partial charge >= 0.3 is 0 Å². The number of hydrogen-bond acceptors (Lipinski definition) is 4. The molecule has 0 amide bonds. The number of rotatable bonds is 14. The van der Waals surface area contributed by atoms with Crippen molar-refractivity contribution in [2.24, 2.45) is 0 Å². The van der Waals surface area contributed by atoms with Crippen molar-refractivity contribution < 1.29 is 0 Å². The van der Waals surface area contributed by atoms with Crippen LogP contribution in [0.15, 0.2) is 158 Å². The zero-order valence-electron chi connectivity index (χ0n) is 35.4. The van der Waals surface area contributed by atoms with Crippen molar-refractivity contribution in [3.63, 3.8) is 0 Å². The summed E-state index contributed by atoms with van der Waals surface area (Å²) in [6.45, 7) is 4.52. The predicted molar refractivity (Wildman–Crippen MR) is 251 cm³/mol. The lowest BCUT2D eigenvalue weighted by molar-refractivity contribution is 0.667. The molecule has 0 aliphatic heterocycles. The van der Waals surface area contributed by atoms with E-state index in [1.54, 1.807) is 0 Å². The molecule has 4 nitrogen and oxygen atoms in total. The summed E-state index contributed by atoms with van der Waals surface area (Å²) < 4.78 is 0. The van der Waals surface area contributed by atoms with Crippen LogP contribution in [0.2, 0.25) is 0 Å². The molecule has 0 fully saturated rings. The highest BCUT2D eigenvalue weighted by Crippen LogP contribution is 2.63. The Kier molecular flexibility index (Phi) is 10.7. The van der Waals surface area contributed by atoms with E-state index in [0.29, 0.717) is 17.5 Å². The Morgan fingerprint density at radius 2 is 0.803 bits per heavy atom. The molecule has 4 heteroatoms. The van der Waals surface area contributed by atoms with Gasteiger partial charge in [0.2, 0.25) is 0 Å². The Labute approximate surface area is 360 Å². The molecule has 300 valence electrons. The van der Waals surface area contributed by atoms with E-state index >= 15 is 0 Å². The molecule has 0 N–H and O–H groups in total. The minimum absolute atomic E-state index is 0.396. The fourth-order valence-electron chi connectivity index (χ4n) is 9.87. The summed E-state index contributed by atoms with van der Waals surface area (Å²) in [4.78, 5) is 20.4. The molecule has 10 rings (SSSR count). The Morgan fingerprint density at radius 1 is 0.377 bits per heavy atom.